The van der Waals surface area contributed by atoms with Crippen molar-refractivity contribution in [2.45, 2.75) is 33.3 Å². The average Bonchev–Trinajstić information content (AvgIpc) is 2.16. The van der Waals surface area contributed by atoms with E-state index >= 15 is 0 Å². The van der Waals surface area contributed by atoms with Crippen LogP contribution in [0.3, 0.4) is 0 Å². The van der Waals surface area contributed by atoms with E-state index in [4.69, 9.17) is 4.74 Å². The van der Waals surface area contributed by atoms with Gasteiger partial charge in [0.05, 0.1) is 17.9 Å². The van der Waals surface area contributed by atoms with Crippen molar-refractivity contribution in [3.8, 4) is 0 Å². The zero-order valence-corrected chi connectivity index (χ0v) is 10.4. The first-order valence-corrected chi connectivity index (χ1v) is 5.52. The second-order valence-corrected chi connectivity index (χ2v) is 4.87. The van der Waals surface area contributed by atoms with Gasteiger partial charge in [-0.1, -0.05) is 6.07 Å². The summed E-state index contributed by atoms with van der Waals surface area (Å²) in [6, 6.07) is 5.03. The summed E-state index contributed by atoms with van der Waals surface area (Å²) >= 11 is 0. The fourth-order valence-corrected chi connectivity index (χ4v) is 1.32. The number of hydrogen-bond acceptors (Lipinski definition) is 2. The molecule has 0 bridgehead atoms. The fourth-order valence-electron chi connectivity index (χ4n) is 1.32. The molecule has 0 aliphatic carbocycles. The normalized spacial score (nSPS) is 11.6. The molecule has 0 spiro atoms. The quantitative estimate of drug-likeness (QED) is 0.793. The topological polar surface area (TPSA) is 21.3 Å². The molecule has 16 heavy (non-hydrogen) atoms. The minimum atomic E-state index is -0.221. The molecular formula is C13H20FNO. The van der Waals surface area contributed by atoms with Gasteiger partial charge in [-0.2, -0.15) is 0 Å². The number of ether oxygens (including phenoxy) is 1. The van der Waals surface area contributed by atoms with Gasteiger partial charge in [0.1, 0.15) is 5.82 Å². The molecule has 1 aromatic carbocycles. The van der Waals surface area contributed by atoms with Gasteiger partial charge in [0, 0.05) is 6.54 Å². The molecule has 0 fully saturated rings. The summed E-state index contributed by atoms with van der Waals surface area (Å²) in [4.78, 5) is 0. The zero-order chi connectivity index (χ0) is 12.2. The summed E-state index contributed by atoms with van der Waals surface area (Å²) in [5.41, 5.74) is 1.44. The Morgan fingerprint density at radius 1 is 1.31 bits per heavy atom. The summed E-state index contributed by atoms with van der Waals surface area (Å²) in [5, 5.41) is 3.03. The Balaban J connectivity index is 2.40. The number of rotatable bonds is 4. The maximum Gasteiger partial charge on any atom is 0.146 e. The van der Waals surface area contributed by atoms with Gasteiger partial charge in [-0.05, 0) is 45.4 Å². The highest BCUT2D eigenvalue weighted by molar-refractivity contribution is 5.46. The highest BCUT2D eigenvalue weighted by atomic mass is 19.1. The van der Waals surface area contributed by atoms with Crippen LogP contribution >= 0.6 is 0 Å². The average molecular weight is 225 g/mol. The number of anilines is 1. The predicted molar refractivity (Wildman–Crippen MR) is 65.3 cm³/mol. The molecule has 0 saturated heterocycles. The minimum Gasteiger partial charge on any atom is -0.380 e. The lowest BCUT2D eigenvalue weighted by molar-refractivity contribution is 0.00332. The third-order valence-corrected chi connectivity index (χ3v) is 2.07. The molecule has 0 aliphatic rings. The van der Waals surface area contributed by atoms with Gasteiger partial charge in [-0.25, -0.2) is 4.39 Å². The van der Waals surface area contributed by atoms with E-state index in [2.05, 4.69) is 5.32 Å². The van der Waals surface area contributed by atoms with Crippen molar-refractivity contribution < 1.29 is 9.13 Å². The summed E-state index contributed by atoms with van der Waals surface area (Å²) in [7, 11) is 0. The van der Waals surface area contributed by atoms with Gasteiger partial charge in [0.15, 0.2) is 0 Å². The monoisotopic (exact) mass is 225 g/mol. The Hall–Kier alpha value is -1.09. The molecule has 0 saturated carbocycles. The lowest BCUT2D eigenvalue weighted by atomic mass is 10.2. The molecule has 1 aromatic rings. The molecule has 0 amide bonds. The second kappa shape index (κ2) is 5.30. The Morgan fingerprint density at radius 2 is 2.00 bits per heavy atom. The number of benzene rings is 1. The van der Waals surface area contributed by atoms with Crippen molar-refractivity contribution in [1.82, 2.24) is 0 Å². The van der Waals surface area contributed by atoms with Crippen molar-refractivity contribution in [3.05, 3.63) is 29.6 Å². The van der Waals surface area contributed by atoms with Gasteiger partial charge < -0.3 is 10.1 Å². The Kier molecular flexibility index (Phi) is 4.30. The molecule has 1 rings (SSSR count). The highest BCUT2D eigenvalue weighted by Crippen LogP contribution is 2.15. The number of hydrogen-bond donors (Lipinski definition) is 1. The number of aryl methyl sites for hydroxylation is 1. The largest absolute Gasteiger partial charge is 0.380 e. The van der Waals surface area contributed by atoms with E-state index in [0.29, 0.717) is 18.8 Å². The van der Waals surface area contributed by atoms with Crippen LogP contribution in [0.5, 0.6) is 0 Å². The van der Waals surface area contributed by atoms with E-state index < -0.39 is 0 Å². The van der Waals surface area contributed by atoms with Gasteiger partial charge >= 0.3 is 0 Å². The molecular weight excluding hydrogens is 205 g/mol. The first-order valence-electron chi connectivity index (χ1n) is 5.52. The summed E-state index contributed by atoms with van der Waals surface area (Å²) in [6.07, 6.45) is 0. The Labute approximate surface area is 96.8 Å². The van der Waals surface area contributed by atoms with E-state index in [1.807, 2.05) is 27.7 Å². The van der Waals surface area contributed by atoms with Crippen LogP contribution in [-0.2, 0) is 4.74 Å². The fraction of sp³-hybridized carbons (Fsp3) is 0.538. The summed E-state index contributed by atoms with van der Waals surface area (Å²) < 4.78 is 18.9. The molecule has 0 heterocycles. The molecule has 0 aliphatic heterocycles. The molecule has 0 atom stereocenters. The molecule has 0 aromatic heterocycles. The molecule has 0 unspecified atom stereocenters. The zero-order valence-electron chi connectivity index (χ0n) is 10.4. The lowest BCUT2D eigenvalue weighted by Crippen LogP contribution is -2.23. The minimum absolute atomic E-state index is 0.146. The second-order valence-electron chi connectivity index (χ2n) is 4.87. The molecule has 2 nitrogen and oxygen atoms in total. The van der Waals surface area contributed by atoms with Crippen molar-refractivity contribution in [1.29, 1.82) is 0 Å². The lowest BCUT2D eigenvalue weighted by Gasteiger charge is -2.19. The van der Waals surface area contributed by atoms with Crippen molar-refractivity contribution in [2.24, 2.45) is 0 Å². The molecule has 3 heteroatoms. The Bertz CT molecular complexity index is 344. The van der Waals surface area contributed by atoms with Crippen molar-refractivity contribution in [2.75, 3.05) is 18.5 Å². The van der Waals surface area contributed by atoms with Crippen LogP contribution in [0.4, 0.5) is 10.1 Å². The van der Waals surface area contributed by atoms with Crippen LogP contribution in [0.1, 0.15) is 26.3 Å². The van der Waals surface area contributed by atoms with Crippen molar-refractivity contribution >= 4 is 5.69 Å². The van der Waals surface area contributed by atoms with Crippen LogP contribution in [0.15, 0.2) is 18.2 Å². The van der Waals surface area contributed by atoms with Gasteiger partial charge in [0.2, 0.25) is 0 Å². The number of nitrogens with one attached hydrogen (secondary N) is 1. The van der Waals surface area contributed by atoms with Crippen LogP contribution in [0.2, 0.25) is 0 Å². The van der Waals surface area contributed by atoms with E-state index in [1.165, 1.54) is 6.07 Å². The Morgan fingerprint density at radius 3 is 2.62 bits per heavy atom. The predicted octanol–water partition coefficient (Wildman–Crippen LogP) is 3.36. The summed E-state index contributed by atoms with van der Waals surface area (Å²) in [6.45, 7) is 9.12. The molecule has 90 valence electrons. The molecule has 1 N–H and O–H groups in total. The first kappa shape index (κ1) is 13.0. The van der Waals surface area contributed by atoms with Crippen molar-refractivity contribution in [3.63, 3.8) is 0 Å². The summed E-state index contributed by atoms with van der Waals surface area (Å²) in [5.74, 6) is -0.221. The van der Waals surface area contributed by atoms with Gasteiger partial charge in [0.25, 0.3) is 0 Å². The standard InChI is InChI=1S/C13H20FNO/c1-10-5-6-11(14)12(9-10)15-7-8-16-13(2,3)4/h5-6,9,15H,7-8H2,1-4H3. The SMILES string of the molecule is Cc1ccc(F)c(NCCOC(C)(C)C)c1. The van der Waals surface area contributed by atoms with Gasteiger partial charge in [-0.15, -0.1) is 0 Å². The maximum absolute atomic E-state index is 13.3. The third-order valence-electron chi connectivity index (χ3n) is 2.07. The van der Waals surface area contributed by atoms with E-state index in [9.17, 15) is 4.39 Å². The molecule has 0 radical (unpaired) electrons. The van der Waals surface area contributed by atoms with E-state index in [0.717, 1.165) is 5.56 Å². The van der Waals surface area contributed by atoms with Gasteiger partial charge in [-0.3, -0.25) is 0 Å². The van der Waals surface area contributed by atoms with Crippen LogP contribution in [0, 0.1) is 12.7 Å². The van der Waals surface area contributed by atoms with E-state index in [-0.39, 0.29) is 11.4 Å². The van der Waals surface area contributed by atoms with E-state index in [1.54, 1.807) is 12.1 Å². The van der Waals surface area contributed by atoms with Crippen LogP contribution in [0.25, 0.3) is 0 Å². The van der Waals surface area contributed by atoms with Crippen LogP contribution < -0.4 is 5.32 Å². The third kappa shape index (κ3) is 4.62. The maximum atomic E-state index is 13.3. The number of halogens is 1. The highest BCUT2D eigenvalue weighted by Gasteiger charge is 2.09. The first-order chi connectivity index (χ1) is 7.38. The van der Waals surface area contributed by atoms with Crippen LogP contribution in [-0.4, -0.2) is 18.8 Å². The smallest absolute Gasteiger partial charge is 0.146 e.